The van der Waals surface area contributed by atoms with Gasteiger partial charge in [0.25, 0.3) is 6.01 Å². The molecule has 4 aromatic rings. The molecule has 2 aromatic heterocycles. The molecule has 0 amide bonds. The lowest BCUT2D eigenvalue weighted by molar-refractivity contribution is 0.00706. The first-order valence-electron chi connectivity index (χ1n) is 10.9. The molecule has 6 rings (SSSR count). The van der Waals surface area contributed by atoms with Crippen molar-refractivity contribution in [3.05, 3.63) is 64.9 Å². The molecule has 4 heterocycles. The molecule has 0 unspecified atom stereocenters. The van der Waals surface area contributed by atoms with Crippen LogP contribution in [0.4, 0.5) is 4.39 Å². The largest absolute Gasteiger partial charge is 0.456 e. The van der Waals surface area contributed by atoms with Crippen molar-refractivity contribution >= 4 is 22.8 Å². The Morgan fingerprint density at radius 2 is 1.83 bits per heavy atom. The number of imidazole rings is 1. The Morgan fingerprint density at radius 1 is 1.06 bits per heavy atom. The number of hydrogen-bond acceptors (Lipinski definition) is 7. The molecule has 0 spiro atoms. The maximum absolute atomic E-state index is 14.3. The minimum atomic E-state index is -0.662. The maximum atomic E-state index is 14.3. The van der Waals surface area contributed by atoms with Crippen LogP contribution in [-0.2, 0) is 9.47 Å². The van der Waals surface area contributed by atoms with Crippen molar-refractivity contribution in [2.24, 2.45) is 0 Å². The van der Waals surface area contributed by atoms with Gasteiger partial charge in [0.2, 0.25) is 0 Å². The Balaban J connectivity index is 1.27. The second kappa shape index (κ2) is 8.59. The number of rotatable bonds is 4. The molecule has 2 saturated heterocycles. The number of aliphatic hydroxyl groups excluding tert-OH is 1. The highest BCUT2D eigenvalue weighted by Gasteiger charge is 2.48. The maximum Gasteiger partial charge on any atom is 0.296 e. The van der Waals surface area contributed by atoms with Crippen molar-refractivity contribution < 1.29 is 23.7 Å². The molecule has 2 aliphatic heterocycles. The van der Waals surface area contributed by atoms with Gasteiger partial charge in [0.1, 0.15) is 24.1 Å². The number of aromatic amines is 1. The number of nitrogens with zero attached hydrogens (tertiary/aromatic N) is 3. The minimum Gasteiger partial charge on any atom is -0.456 e. The molecule has 35 heavy (non-hydrogen) atoms. The number of pyridine rings is 1. The Labute approximate surface area is 203 Å². The fourth-order valence-corrected chi connectivity index (χ4v) is 4.73. The summed E-state index contributed by atoms with van der Waals surface area (Å²) in [6.07, 6.45) is -1.82. The van der Waals surface area contributed by atoms with E-state index in [1.807, 2.05) is 6.07 Å². The first-order chi connectivity index (χ1) is 17.0. The fraction of sp³-hybridized carbons (Fsp3) is 0.240. The molecular formula is C25H18ClFN4O4. The molecule has 8 nitrogen and oxygen atoms in total. The molecule has 0 bridgehead atoms. The number of hydrogen-bond donors (Lipinski definition) is 2. The summed E-state index contributed by atoms with van der Waals surface area (Å²) in [6.45, 7) is 0.498. The SMILES string of the molecule is N#Cc1ccc(F)c(-c2ccc(-c3nc4nc(O[C@@H]5CO[C@H]6[C@@H]5OC[C@H]6O)[nH]c4cc3Cl)cc2)c1. The third-order valence-electron chi connectivity index (χ3n) is 6.21. The second-order valence-electron chi connectivity index (χ2n) is 8.44. The zero-order chi connectivity index (χ0) is 24.1. The highest BCUT2D eigenvalue weighted by Crippen LogP contribution is 2.33. The molecule has 10 heteroatoms. The Bertz CT molecular complexity index is 1470. The van der Waals surface area contributed by atoms with Crippen LogP contribution in [0.25, 0.3) is 33.5 Å². The van der Waals surface area contributed by atoms with Crippen LogP contribution in [0.3, 0.4) is 0 Å². The van der Waals surface area contributed by atoms with Crippen LogP contribution in [0.2, 0.25) is 5.02 Å². The number of aliphatic hydroxyl groups is 1. The molecule has 0 radical (unpaired) electrons. The number of nitriles is 1. The number of H-pyrrole nitrogens is 1. The fourth-order valence-electron chi connectivity index (χ4n) is 4.47. The summed E-state index contributed by atoms with van der Waals surface area (Å²) in [5.74, 6) is -0.408. The number of nitrogens with one attached hydrogen (secondary N) is 1. The van der Waals surface area contributed by atoms with Crippen LogP contribution in [0.5, 0.6) is 6.01 Å². The number of aromatic nitrogens is 3. The first-order valence-corrected chi connectivity index (χ1v) is 11.3. The van der Waals surface area contributed by atoms with E-state index in [-0.39, 0.29) is 25.3 Å². The average Bonchev–Trinajstić information content (AvgIpc) is 3.56. The van der Waals surface area contributed by atoms with Crippen LogP contribution >= 0.6 is 11.6 Å². The van der Waals surface area contributed by atoms with Crippen LogP contribution < -0.4 is 4.74 Å². The lowest BCUT2D eigenvalue weighted by Gasteiger charge is -2.15. The van der Waals surface area contributed by atoms with Gasteiger partial charge >= 0.3 is 0 Å². The summed E-state index contributed by atoms with van der Waals surface area (Å²) >= 11 is 6.51. The van der Waals surface area contributed by atoms with E-state index < -0.39 is 24.1 Å². The van der Waals surface area contributed by atoms with Crippen LogP contribution in [0.15, 0.2) is 48.5 Å². The van der Waals surface area contributed by atoms with E-state index in [1.54, 1.807) is 30.3 Å². The zero-order valence-electron chi connectivity index (χ0n) is 18.1. The van der Waals surface area contributed by atoms with Crippen molar-refractivity contribution in [3.63, 3.8) is 0 Å². The van der Waals surface area contributed by atoms with Gasteiger partial charge in [-0.05, 0) is 29.8 Å². The molecule has 0 aliphatic carbocycles. The molecular weight excluding hydrogens is 475 g/mol. The van der Waals surface area contributed by atoms with Crippen molar-refractivity contribution in [1.29, 1.82) is 5.26 Å². The number of benzene rings is 2. The lowest BCUT2D eigenvalue weighted by Crippen LogP contribution is -2.34. The number of fused-ring (bicyclic) bond motifs is 2. The molecule has 2 fully saturated rings. The van der Waals surface area contributed by atoms with Gasteiger partial charge in [0, 0.05) is 11.1 Å². The third kappa shape index (κ3) is 3.90. The summed E-state index contributed by atoms with van der Waals surface area (Å²) in [5.41, 5.74) is 3.61. The van der Waals surface area contributed by atoms with Gasteiger partial charge in [0.15, 0.2) is 11.8 Å². The zero-order valence-corrected chi connectivity index (χ0v) is 18.9. The van der Waals surface area contributed by atoms with Crippen LogP contribution in [-0.4, -0.2) is 57.7 Å². The van der Waals surface area contributed by atoms with Gasteiger partial charge < -0.3 is 24.3 Å². The number of halogens is 2. The van der Waals surface area contributed by atoms with E-state index in [2.05, 4.69) is 15.0 Å². The first kappa shape index (κ1) is 21.9. The second-order valence-corrected chi connectivity index (χ2v) is 8.84. The highest BCUT2D eigenvalue weighted by molar-refractivity contribution is 6.33. The highest BCUT2D eigenvalue weighted by atomic mass is 35.5. The van der Waals surface area contributed by atoms with Crippen LogP contribution in [0.1, 0.15) is 5.56 Å². The van der Waals surface area contributed by atoms with E-state index in [0.717, 1.165) is 5.56 Å². The van der Waals surface area contributed by atoms with Gasteiger partial charge in [-0.25, -0.2) is 9.37 Å². The summed E-state index contributed by atoms with van der Waals surface area (Å²) in [4.78, 5) is 12.1. The third-order valence-corrected chi connectivity index (χ3v) is 6.50. The summed E-state index contributed by atoms with van der Waals surface area (Å²) < 4.78 is 31.4. The number of ether oxygens (including phenoxy) is 3. The molecule has 0 saturated carbocycles. The monoisotopic (exact) mass is 492 g/mol. The normalized spacial score (nSPS) is 23.4. The van der Waals surface area contributed by atoms with Crippen LogP contribution in [0, 0.1) is 17.1 Å². The standard InChI is InChI=1S/C25H18ClFN4O4/c26-16-8-18-24(31-25(29-18)35-20-11-34-22-19(32)10-33-23(20)22)30-21(16)14-4-2-13(3-5-14)15-7-12(9-28)1-6-17(15)27/h1-8,19-20,22-23,32H,10-11H2,(H,29,30,31)/t19-,20-,22-,23-/m1/s1. The quantitative estimate of drug-likeness (QED) is 0.444. The predicted molar refractivity (Wildman–Crippen MR) is 124 cm³/mol. The van der Waals surface area contributed by atoms with E-state index in [1.165, 1.54) is 18.2 Å². The smallest absolute Gasteiger partial charge is 0.296 e. The van der Waals surface area contributed by atoms with Gasteiger partial charge in [-0.2, -0.15) is 10.2 Å². The van der Waals surface area contributed by atoms with E-state index in [0.29, 0.717) is 38.6 Å². The average molecular weight is 493 g/mol. The predicted octanol–water partition coefficient (Wildman–Crippen LogP) is 3.86. The van der Waals surface area contributed by atoms with Crippen molar-refractivity contribution in [3.8, 4) is 34.5 Å². The Kier molecular flexibility index (Phi) is 5.39. The van der Waals surface area contributed by atoms with E-state index in [4.69, 9.17) is 31.1 Å². The van der Waals surface area contributed by atoms with E-state index in [9.17, 15) is 9.50 Å². The summed E-state index contributed by atoms with van der Waals surface area (Å²) in [6, 6.07) is 15.3. The molecule has 2 aromatic carbocycles. The van der Waals surface area contributed by atoms with Crippen molar-refractivity contribution in [1.82, 2.24) is 15.0 Å². The Morgan fingerprint density at radius 3 is 2.63 bits per heavy atom. The van der Waals surface area contributed by atoms with Crippen molar-refractivity contribution in [2.45, 2.75) is 24.4 Å². The minimum absolute atomic E-state index is 0.213. The topological polar surface area (TPSA) is 113 Å². The van der Waals surface area contributed by atoms with Crippen molar-refractivity contribution in [2.75, 3.05) is 13.2 Å². The molecule has 2 aliphatic rings. The van der Waals surface area contributed by atoms with Gasteiger partial charge in [-0.3, -0.25) is 0 Å². The summed E-state index contributed by atoms with van der Waals surface area (Å²) in [7, 11) is 0. The Hall–Kier alpha value is -3.55. The molecule has 4 atom stereocenters. The lowest BCUT2D eigenvalue weighted by atomic mass is 10.0. The summed E-state index contributed by atoms with van der Waals surface area (Å²) in [5, 5.41) is 19.4. The van der Waals surface area contributed by atoms with Gasteiger partial charge in [0.05, 0.1) is 41.1 Å². The van der Waals surface area contributed by atoms with Gasteiger partial charge in [-0.15, -0.1) is 0 Å². The molecule has 2 N–H and O–H groups in total. The van der Waals surface area contributed by atoms with E-state index >= 15 is 0 Å². The molecule has 176 valence electrons. The van der Waals surface area contributed by atoms with Gasteiger partial charge in [-0.1, -0.05) is 35.9 Å².